The number of alkyl halides is 3. The van der Waals surface area contributed by atoms with Crippen LogP contribution < -0.4 is 4.74 Å². The van der Waals surface area contributed by atoms with Crippen molar-refractivity contribution >= 4 is 5.97 Å². The Morgan fingerprint density at radius 3 is 2.56 bits per heavy atom. The van der Waals surface area contributed by atoms with Gasteiger partial charge in [-0.1, -0.05) is 6.07 Å². The second kappa shape index (κ2) is 4.10. The van der Waals surface area contributed by atoms with Crippen LogP contribution in [0.15, 0.2) is 18.2 Å². The van der Waals surface area contributed by atoms with Crippen molar-refractivity contribution in [2.75, 3.05) is 0 Å². The van der Waals surface area contributed by atoms with Crippen LogP contribution in [0.4, 0.5) is 13.2 Å². The predicted molar refractivity (Wildman–Crippen MR) is 44.5 cm³/mol. The van der Waals surface area contributed by atoms with Gasteiger partial charge in [0.25, 0.3) is 0 Å². The third-order valence-corrected chi connectivity index (χ3v) is 1.55. The molecule has 1 N–H and O–H groups in total. The molecule has 16 heavy (non-hydrogen) atoms. The Morgan fingerprint density at radius 2 is 2.06 bits per heavy atom. The van der Waals surface area contributed by atoms with Gasteiger partial charge in [0.15, 0.2) is 5.75 Å². The average Bonchev–Trinajstić information content (AvgIpc) is 2.16. The molecule has 0 heterocycles. The average molecular weight is 231 g/mol. The van der Waals surface area contributed by atoms with E-state index in [0.29, 0.717) is 0 Å². The van der Waals surface area contributed by atoms with Crippen LogP contribution in [0.3, 0.4) is 0 Å². The number of carbonyl (C=O) groups excluding carboxylic acids is 1. The normalized spacial score (nSPS) is 10.6. The van der Waals surface area contributed by atoms with E-state index in [0.717, 1.165) is 18.2 Å². The summed E-state index contributed by atoms with van der Waals surface area (Å²) in [6.45, 7) is 0. The van der Waals surface area contributed by atoms with Crippen molar-refractivity contribution in [2.24, 2.45) is 0 Å². The Bertz CT molecular complexity index is 462. The van der Waals surface area contributed by atoms with Crippen LogP contribution in [0.1, 0.15) is 5.56 Å². The summed E-state index contributed by atoms with van der Waals surface area (Å²) >= 11 is 0. The molecule has 1 aromatic carbocycles. The molecule has 0 radical (unpaired) electrons. The number of phenolic OH excluding ortho intramolecular Hbond substituents is 1. The Kier molecular flexibility index (Phi) is 3.04. The lowest BCUT2D eigenvalue weighted by molar-refractivity contribution is -0.189. The van der Waals surface area contributed by atoms with E-state index in [-0.39, 0.29) is 0 Å². The lowest BCUT2D eigenvalue weighted by Crippen LogP contribution is -2.28. The zero-order valence-electron chi connectivity index (χ0n) is 7.58. The largest absolute Gasteiger partial charge is 0.506 e. The Morgan fingerprint density at radius 1 is 1.44 bits per heavy atom. The van der Waals surface area contributed by atoms with E-state index in [1.165, 1.54) is 6.07 Å². The number of aromatic hydroxyl groups is 1. The minimum absolute atomic E-state index is 0.528. The molecule has 0 aliphatic carbocycles. The number of hydrogen-bond donors (Lipinski definition) is 1. The molecule has 0 spiro atoms. The summed E-state index contributed by atoms with van der Waals surface area (Å²) in [4.78, 5) is 10.5. The van der Waals surface area contributed by atoms with Crippen molar-refractivity contribution in [2.45, 2.75) is 6.18 Å². The molecule has 1 rings (SSSR count). The minimum atomic E-state index is -5.15. The summed E-state index contributed by atoms with van der Waals surface area (Å²) in [6, 6.07) is 4.63. The molecule has 0 saturated heterocycles. The monoisotopic (exact) mass is 231 g/mol. The van der Waals surface area contributed by atoms with E-state index >= 15 is 0 Å². The number of nitriles is 1. The summed E-state index contributed by atoms with van der Waals surface area (Å²) in [5, 5.41) is 17.6. The lowest BCUT2D eigenvalue weighted by Gasteiger charge is -2.08. The number of rotatable bonds is 1. The molecular formula is C9H4F3NO3. The SMILES string of the molecule is N#Cc1c(O)cccc1OC(=O)C(F)(F)F. The first kappa shape index (κ1) is 11.8. The highest BCUT2D eigenvalue weighted by Crippen LogP contribution is 2.28. The van der Waals surface area contributed by atoms with Crippen LogP contribution in [0.2, 0.25) is 0 Å². The summed E-state index contributed by atoms with van der Waals surface area (Å²) < 4.78 is 39.5. The molecule has 4 nitrogen and oxygen atoms in total. The van der Waals surface area contributed by atoms with Gasteiger partial charge in [0.1, 0.15) is 17.4 Å². The van der Waals surface area contributed by atoms with E-state index in [4.69, 9.17) is 10.4 Å². The van der Waals surface area contributed by atoms with Gasteiger partial charge >= 0.3 is 12.1 Å². The first-order chi connectivity index (χ1) is 7.36. The van der Waals surface area contributed by atoms with Crippen LogP contribution in [0, 0.1) is 11.3 Å². The number of halogens is 3. The molecule has 0 aliphatic rings. The molecule has 0 bridgehead atoms. The van der Waals surface area contributed by atoms with E-state index < -0.39 is 29.2 Å². The molecular weight excluding hydrogens is 227 g/mol. The third-order valence-electron chi connectivity index (χ3n) is 1.55. The number of benzene rings is 1. The molecule has 1 aromatic rings. The highest BCUT2D eigenvalue weighted by Gasteiger charge is 2.41. The Labute approximate surface area is 87.5 Å². The lowest BCUT2D eigenvalue weighted by atomic mass is 10.2. The van der Waals surface area contributed by atoms with Gasteiger partial charge in [-0.3, -0.25) is 0 Å². The zero-order valence-corrected chi connectivity index (χ0v) is 7.58. The minimum Gasteiger partial charge on any atom is -0.506 e. The molecule has 7 heteroatoms. The quantitative estimate of drug-likeness (QED) is 0.590. The second-order valence-corrected chi connectivity index (χ2v) is 2.65. The highest BCUT2D eigenvalue weighted by molar-refractivity contribution is 5.79. The first-order valence-electron chi connectivity index (χ1n) is 3.87. The van der Waals surface area contributed by atoms with Crippen LogP contribution >= 0.6 is 0 Å². The van der Waals surface area contributed by atoms with Gasteiger partial charge in [-0.05, 0) is 12.1 Å². The standard InChI is InChI=1S/C9H4F3NO3/c10-9(11,12)8(15)16-7-3-1-2-6(14)5(7)4-13/h1-3,14H. The summed E-state index contributed by atoms with van der Waals surface area (Å²) in [5.74, 6) is -3.64. The third kappa shape index (κ3) is 2.42. The molecule has 0 fully saturated rings. The summed E-state index contributed by atoms with van der Waals surface area (Å²) in [5.41, 5.74) is -0.528. The number of nitrogens with zero attached hydrogens (tertiary/aromatic N) is 1. The van der Waals surface area contributed by atoms with Gasteiger partial charge < -0.3 is 9.84 Å². The molecule has 0 atom stereocenters. The summed E-state index contributed by atoms with van der Waals surface area (Å²) in [7, 11) is 0. The first-order valence-corrected chi connectivity index (χ1v) is 3.87. The van der Waals surface area contributed by atoms with E-state index in [9.17, 15) is 18.0 Å². The van der Waals surface area contributed by atoms with Crippen molar-refractivity contribution in [3.8, 4) is 17.6 Å². The summed E-state index contributed by atoms with van der Waals surface area (Å²) in [6.07, 6.45) is -5.15. The van der Waals surface area contributed by atoms with Crippen molar-refractivity contribution < 1.29 is 27.8 Å². The van der Waals surface area contributed by atoms with E-state index in [2.05, 4.69) is 4.74 Å². The number of phenols is 1. The molecule has 84 valence electrons. The van der Waals surface area contributed by atoms with E-state index in [1.807, 2.05) is 0 Å². The molecule has 0 aromatic heterocycles. The maximum Gasteiger partial charge on any atom is 0.491 e. The van der Waals surface area contributed by atoms with Gasteiger partial charge in [0.05, 0.1) is 0 Å². The zero-order chi connectivity index (χ0) is 12.3. The van der Waals surface area contributed by atoms with Crippen LogP contribution in [-0.2, 0) is 4.79 Å². The van der Waals surface area contributed by atoms with Crippen molar-refractivity contribution in [1.29, 1.82) is 5.26 Å². The molecule has 0 amide bonds. The number of hydrogen-bond acceptors (Lipinski definition) is 4. The van der Waals surface area contributed by atoms with Crippen LogP contribution in [0.5, 0.6) is 11.5 Å². The van der Waals surface area contributed by atoms with Gasteiger partial charge in [-0.15, -0.1) is 0 Å². The highest BCUT2D eigenvalue weighted by atomic mass is 19.4. The fraction of sp³-hybridized carbons (Fsp3) is 0.111. The smallest absolute Gasteiger partial charge is 0.491 e. The van der Waals surface area contributed by atoms with E-state index in [1.54, 1.807) is 0 Å². The van der Waals surface area contributed by atoms with Crippen molar-refractivity contribution in [3.63, 3.8) is 0 Å². The Hall–Kier alpha value is -2.23. The Balaban J connectivity index is 3.04. The topological polar surface area (TPSA) is 70.3 Å². The molecule has 0 unspecified atom stereocenters. The molecule has 0 saturated carbocycles. The van der Waals surface area contributed by atoms with Gasteiger partial charge in [0, 0.05) is 0 Å². The molecule has 0 aliphatic heterocycles. The van der Waals surface area contributed by atoms with Crippen molar-refractivity contribution in [3.05, 3.63) is 23.8 Å². The van der Waals surface area contributed by atoms with Gasteiger partial charge in [-0.2, -0.15) is 18.4 Å². The fourth-order valence-electron chi connectivity index (χ4n) is 0.875. The van der Waals surface area contributed by atoms with Gasteiger partial charge in [-0.25, -0.2) is 4.79 Å². The number of carbonyl (C=O) groups is 1. The second-order valence-electron chi connectivity index (χ2n) is 2.65. The van der Waals surface area contributed by atoms with Crippen molar-refractivity contribution in [1.82, 2.24) is 0 Å². The maximum atomic E-state index is 11.9. The van der Waals surface area contributed by atoms with Crippen LogP contribution in [0.25, 0.3) is 0 Å². The van der Waals surface area contributed by atoms with Gasteiger partial charge in [0.2, 0.25) is 0 Å². The maximum absolute atomic E-state index is 11.9. The predicted octanol–water partition coefficient (Wildman–Crippen LogP) is 1.73. The number of ether oxygens (including phenoxy) is 1. The van der Waals surface area contributed by atoms with Crippen LogP contribution in [-0.4, -0.2) is 17.3 Å². The fourth-order valence-corrected chi connectivity index (χ4v) is 0.875. The number of esters is 1.